The van der Waals surface area contributed by atoms with E-state index in [-0.39, 0.29) is 12.4 Å². The lowest BCUT2D eigenvalue weighted by molar-refractivity contribution is -0.778. The van der Waals surface area contributed by atoms with Crippen molar-refractivity contribution >= 4 is 0 Å². The topological polar surface area (TPSA) is 4.44 Å². The molecule has 0 bridgehead atoms. The fraction of sp³-hybridized carbons (Fsp3) is 0.333. The largest absolute Gasteiger partial charge is 1.00 e. The van der Waals surface area contributed by atoms with Crippen molar-refractivity contribution < 1.29 is 17.3 Å². The van der Waals surface area contributed by atoms with Gasteiger partial charge in [0.15, 0.2) is 0 Å². The summed E-state index contributed by atoms with van der Waals surface area (Å²) in [5, 5.41) is 0. The molecule has 0 saturated carbocycles. The molecule has 1 atom stereocenters. The van der Waals surface area contributed by atoms with Crippen LogP contribution in [0.2, 0.25) is 0 Å². The summed E-state index contributed by atoms with van der Waals surface area (Å²) in [5.41, 5.74) is 1.39. The van der Waals surface area contributed by atoms with E-state index < -0.39 is 0 Å². The Balaban J connectivity index is 0.000000490. The first kappa shape index (κ1) is 7.73. The van der Waals surface area contributed by atoms with E-state index in [1.54, 1.807) is 0 Å². The van der Waals surface area contributed by atoms with Gasteiger partial charge in [0.2, 0.25) is 0 Å². The molecule has 8 heavy (non-hydrogen) atoms. The molecular formula is C6H10ClN. The van der Waals surface area contributed by atoms with E-state index in [1.165, 1.54) is 10.6 Å². The smallest absolute Gasteiger partial charge is 0.109 e. The molecule has 0 radical (unpaired) electrons. The second kappa shape index (κ2) is 2.90. The molecule has 1 N–H and O–H groups in total. The van der Waals surface area contributed by atoms with E-state index in [4.69, 9.17) is 0 Å². The average molecular weight is 132 g/mol. The van der Waals surface area contributed by atoms with Crippen LogP contribution in [-0.4, -0.2) is 7.05 Å². The predicted octanol–water partition coefficient (Wildman–Crippen LogP) is -3.06. The summed E-state index contributed by atoms with van der Waals surface area (Å²) in [6, 6.07) is 0. The minimum Gasteiger partial charge on any atom is -1.00 e. The number of hydrogen-bond donors (Lipinski definition) is 1. The lowest BCUT2D eigenvalue weighted by atomic mass is 10.5. The molecule has 0 fully saturated rings. The Labute approximate surface area is 56.1 Å². The van der Waals surface area contributed by atoms with E-state index in [1.807, 2.05) is 0 Å². The summed E-state index contributed by atoms with van der Waals surface area (Å²) in [6.45, 7) is 2.12. The molecule has 46 valence electrons. The van der Waals surface area contributed by atoms with Gasteiger partial charge >= 0.3 is 0 Å². The molecule has 0 aromatic heterocycles. The highest BCUT2D eigenvalue weighted by molar-refractivity contribution is 5.07. The third-order valence-corrected chi connectivity index (χ3v) is 1.31. The van der Waals surface area contributed by atoms with Gasteiger partial charge in [-0.15, -0.1) is 0 Å². The van der Waals surface area contributed by atoms with Crippen LogP contribution in [0, 0.1) is 0 Å². The zero-order valence-corrected chi connectivity index (χ0v) is 5.87. The zero-order chi connectivity index (χ0) is 5.28. The molecule has 1 heterocycles. The molecule has 0 spiro atoms. The second-order valence-corrected chi connectivity index (χ2v) is 1.89. The van der Waals surface area contributed by atoms with Gasteiger partial charge in [0.1, 0.15) is 5.70 Å². The van der Waals surface area contributed by atoms with Gasteiger partial charge in [0.05, 0.1) is 13.2 Å². The summed E-state index contributed by atoms with van der Waals surface area (Å²) < 4.78 is 0. The number of nitrogens with one attached hydrogen (secondary N) is 1. The number of allylic oxidation sites excluding steroid dienone is 3. The molecule has 0 saturated heterocycles. The van der Waals surface area contributed by atoms with Crippen molar-refractivity contribution in [2.24, 2.45) is 0 Å². The second-order valence-electron chi connectivity index (χ2n) is 1.89. The van der Waals surface area contributed by atoms with Gasteiger partial charge in [-0.05, 0) is 12.2 Å². The van der Waals surface area contributed by atoms with E-state index >= 15 is 0 Å². The highest BCUT2D eigenvalue weighted by Gasteiger charge is 2.02. The van der Waals surface area contributed by atoms with Crippen LogP contribution in [-0.2, 0) is 0 Å². The van der Waals surface area contributed by atoms with Crippen LogP contribution in [0.3, 0.4) is 0 Å². The molecule has 0 amide bonds. The molecular weight excluding hydrogens is 122 g/mol. The van der Waals surface area contributed by atoms with Crippen molar-refractivity contribution in [2.45, 2.75) is 6.92 Å². The van der Waals surface area contributed by atoms with Crippen LogP contribution in [0.15, 0.2) is 24.0 Å². The predicted molar refractivity (Wildman–Crippen MR) is 29.8 cm³/mol. The van der Waals surface area contributed by atoms with E-state index in [2.05, 4.69) is 32.3 Å². The third-order valence-electron chi connectivity index (χ3n) is 1.31. The SMILES string of the molecule is CC1=CC=C[NH+]1C.[Cl-]. The quantitative estimate of drug-likeness (QED) is 0.356. The molecule has 1 aliphatic rings. The Bertz CT molecular complexity index is 126. The molecule has 1 nitrogen and oxygen atoms in total. The molecule has 0 aromatic carbocycles. The standard InChI is InChI=1S/C6H9N.ClH/c1-6-4-3-5-7(6)2;/h3-5H,1-2H3;1H. The Hall–Kier alpha value is -0.270. The summed E-state index contributed by atoms with van der Waals surface area (Å²) in [6.07, 6.45) is 6.31. The minimum atomic E-state index is 0. The van der Waals surface area contributed by atoms with Crippen LogP contribution in [0.1, 0.15) is 6.92 Å². The normalized spacial score (nSPS) is 24.8. The Morgan fingerprint density at radius 2 is 2.12 bits per heavy atom. The van der Waals surface area contributed by atoms with Gasteiger partial charge in [-0.1, -0.05) is 0 Å². The van der Waals surface area contributed by atoms with Crippen LogP contribution < -0.4 is 17.3 Å². The molecule has 1 unspecified atom stereocenters. The fourth-order valence-corrected chi connectivity index (χ4v) is 0.600. The van der Waals surface area contributed by atoms with Crippen LogP contribution >= 0.6 is 0 Å². The molecule has 1 aliphatic heterocycles. The fourth-order valence-electron chi connectivity index (χ4n) is 0.600. The molecule has 0 aliphatic carbocycles. The van der Waals surface area contributed by atoms with Crippen LogP contribution in [0.4, 0.5) is 0 Å². The van der Waals surface area contributed by atoms with Gasteiger partial charge in [-0.3, -0.25) is 4.90 Å². The number of quaternary nitrogens is 1. The number of halogens is 1. The van der Waals surface area contributed by atoms with Crippen molar-refractivity contribution in [3.05, 3.63) is 24.0 Å². The van der Waals surface area contributed by atoms with E-state index in [0.29, 0.717) is 0 Å². The van der Waals surface area contributed by atoms with Crippen LogP contribution in [0.5, 0.6) is 0 Å². The number of hydrogen-bond acceptors (Lipinski definition) is 0. The van der Waals surface area contributed by atoms with E-state index in [0.717, 1.165) is 0 Å². The first-order valence-corrected chi connectivity index (χ1v) is 2.49. The highest BCUT2D eigenvalue weighted by atomic mass is 35.5. The lowest BCUT2D eigenvalue weighted by Gasteiger charge is -1.99. The van der Waals surface area contributed by atoms with Crippen molar-refractivity contribution in [3.8, 4) is 0 Å². The van der Waals surface area contributed by atoms with Gasteiger partial charge in [0, 0.05) is 6.92 Å². The summed E-state index contributed by atoms with van der Waals surface area (Å²) >= 11 is 0. The average Bonchev–Trinajstić information content (AvgIpc) is 1.91. The van der Waals surface area contributed by atoms with E-state index in [9.17, 15) is 0 Å². The molecule has 2 heteroatoms. The van der Waals surface area contributed by atoms with Gasteiger partial charge in [-0.2, -0.15) is 0 Å². The minimum absolute atomic E-state index is 0. The molecule has 0 aromatic rings. The zero-order valence-electron chi connectivity index (χ0n) is 5.11. The summed E-state index contributed by atoms with van der Waals surface area (Å²) in [7, 11) is 2.12. The maximum atomic E-state index is 2.12. The van der Waals surface area contributed by atoms with Gasteiger partial charge in [-0.25, -0.2) is 0 Å². The Morgan fingerprint density at radius 3 is 2.25 bits per heavy atom. The van der Waals surface area contributed by atoms with Gasteiger partial charge < -0.3 is 12.4 Å². The van der Waals surface area contributed by atoms with Crippen molar-refractivity contribution in [1.29, 1.82) is 0 Å². The Morgan fingerprint density at radius 1 is 1.50 bits per heavy atom. The van der Waals surface area contributed by atoms with Gasteiger partial charge in [0.25, 0.3) is 0 Å². The molecule has 1 rings (SSSR count). The van der Waals surface area contributed by atoms with Crippen molar-refractivity contribution in [3.63, 3.8) is 0 Å². The maximum Gasteiger partial charge on any atom is 0.109 e. The first-order valence-electron chi connectivity index (χ1n) is 2.49. The Kier molecular flexibility index (Phi) is 2.80. The number of rotatable bonds is 0. The summed E-state index contributed by atoms with van der Waals surface area (Å²) in [5.74, 6) is 0. The van der Waals surface area contributed by atoms with Crippen molar-refractivity contribution in [2.75, 3.05) is 7.05 Å². The van der Waals surface area contributed by atoms with Crippen molar-refractivity contribution in [1.82, 2.24) is 0 Å². The highest BCUT2D eigenvalue weighted by Crippen LogP contribution is 1.85. The van der Waals surface area contributed by atoms with Crippen LogP contribution in [0.25, 0.3) is 0 Å². The maximum absolute atomic E-state index is 2.12. The lowest BCUT2D eigenvalue weighted by Crippen LogP contribution is -3.00. The monoisotopic (exact) mass is 131 g/mol. The summed E-state index contributed by atoms with van der Waals surface area (Å²) in [4.78, 5) is 1.39. The first-order chi connectivity index (χ1) is 3.30. The third kappa shape index (κ3) is 1.35.